The Morgan fingerprint density at radius 1 is 1.00 bits per heavy atom. The molecule has 0 radical (unpaired) electrons. The van der Waals surface area contributed by atoms with Crippen LogP contribution < -0.4 is 0 Å². The van der Waals surface area contributed by atoms with E-state index in [-0.39, 0.29) is 5.41 Å². The van der Waals surface area contributed by atoms with E-state index < -0.39 is 0 Å². The van der Waals surface area contributed by atoms with Crippen LogP contribution in [0.3, 0.4) is 0 Å². The first kappa shape index (κ1) is 16.3. The summed E-state index contributed by atoms with van der Waals surface area (Å²) in [6.45, 7) is 8.57. The summed E-state index contributed by atoms with van der Waals surface area (Å²) in [6.07, 6.45) is 1.91. The van der Waals surface area contributed by atoms with Gasteiger partial charge in [0.15, 0.2) is 0 Å². The lowest BCUT2D eigenvalue weighted by atomic mass is 9.74. The van der Waals surface area contributed by atoms with Crippen LogP contribution in [0.4, 0.5) is 0 Å². The van der Waals surface area contributed by atoms with Crippen molar-refractivity contribution >= 4 is 23.3 Å². The van der Waals surface area contributed by atoms with Gasteiger partial charge in [-0.1, -0.05) is 30.3 Å². The van der Waals surface area contributed by atoms with E-state index in [0.717, 1.165) is 45.4 Å². The van der Waals surface area contributed by atoms with Crippen molar-refractivity contribution in [3.63, 3.8) is 0 Å². The second kappa shape index (κ2) is 6.39. The Bertz CT molecular complexity index is 819. The van der Waals surface area contributed by atoms with Crippen LogP contribution in [0.1, 0.15) is 16.0 Å². The van der Waals surface area contributed by atoms with Gasteiger partial charge in [0, 0.05) is 19.6 Å². The van der Waals surface area contributed by atoms with Gasteiger partial charge in [-0.3, -0.25) is 14.7 Å². The van der Waals surface area contributed by atoms with Crippen LogP contribution in [0, 0.1) is 12.3 Å². The highest BCUT2D eigenvalue weighted by atomic mass is 32.1. The molecule has 2 aromatic rings. The highest BCUT2D eigenvalue weighted by Crippen LogP contribution is 2.38. The van der Waals surface area contributed by atoms with Crippen molar-refractivity contribution in [2.24, 2.45) is 15.6 Å². The van der Waals surface area contributed by atoms with Gasteiger partial charge in [-0.25, -0.2) is 0 Å². The maximum Gasteiger partial charge on any atom is 0.0802 e. The first-order valence-electron chi connectivity index (χ1n) is 9.10. The second-order valence-electron chi connectivity index (χ2n) is 7.72. The van der Waals surface area contributed by atoms with E-state index in [2.05, 4.69) is 68.5 Å². The normalized spacial score (nSPS) is 33.3. The molecule has 1 aromatic heterocycles. The minimum Gasteiger partial charge on any atom is -0.276 e. The molecule has 1 aromatic carbocycles. The molecule has 4 aliphatic heterocycles. The van der Waals surface area contributed by atoms with E-state index >= 15 is 0 Å². The van der Waals surface area contributed by atoms with Crippen molar-refractivity contribution in [3.05, 3.63) is 57.8 Å². The summed E-state index contributed by atoms with van der Waals surface area (Å²) in [5, 5.41) is 11.4. The SMILES string of the molecule is Cc1ccsc1/C=N\N=C(/c1ccccc1)C12CN3CN(CN(C3)C1)C2. The van der Waals surface area contributed by atoms with Gasteiger partial charge >= 0.3 is 0 Å². The van der Waals surface area contributed by atoms with E-state index in [4.69, 9.17) is 5.10 Å². The maximum absolute atomic E-state index is 4.81. The van der Waals surface area contributed by atoms with Crippen LogP contribution in [0.2, 0.25) is 0 Å². The number of benzene rings is 1. The minimum absolute atomic E-state index is 0.0396. The fourth-order valence-electron chi connectivity index (χ4n) is 4.66. The molecule has 0 unspecified atom stereocenters. The molecule has 0 spiro atoms. The van der Waals surface area contributed by atoms with E-state index in [0.29, 0.717) is 0 Å². The average Bonchev–Trinajstić information content (AvgIpc) is 3.03. The van der Waals surface area contributed by atoms with E-state index in [1.54, 1.807) is 11.3 Å². The highest BCUT2D eigenvalue weighted by molar-refractivity contribution is 7.11. The molecule has 4 bridgehead atoms. The smallest absolute Gasteiger partial charge is 0.0802 e. The second-order valence-corrected chi connectivity index (χ2v) is 8.67. The monoisotopic (exact) mass is 365 g/mol. The molecule has 4 aliphatic rings. The summed E-state index contributed by atoms with van der Waals surface area (Å²) in [4.78, 5) is 8.77. The van der Waals surface area contributed by atoms with Crippen molar-refractivity contribution in [1.82, 2.24) is 14.7 Å². The lowest BCUT2D eigenvalue weighted by Crippen LogP contribution is -2.74. The molecular formula is C20H23N5S. The van der Waals surface area contributed by atoms with Crippen molar-refractivity contribution in [2.45, 2.75) is 6.92 Å². The third kappa shape index (κ3) is 2.83. The summed E-state index contributed by atoms with van der Waals surface area (Å²) < 4.78 is 0. The Labute approximate surface area is 158 Å². The molecule has 5 heterocycles. The number of thiophene rings is 1. The maximum atomic E-state index is 4.81. The van der Waals surface area contributed by atoms with Gasteiger partial charge < -0.3 is 0 Å². The van der Waals surface area contributed by atoms with Crippen LogP contribution in [0.25, 0.3) is 0 Å². The lowest BCUT2D eigenvalue weighted by Gasteiger charge is -2.60. The van der Waals surface area contributed by atoms with Gasteiger partial charge in [0.1, 0.15) is 0 Å². The predicted molar refractivity (Wildman–Crippen MR) is 107 cm³/mol. The largest absolute Gasteiger partial charge is 0.276 e. The quantitative estimate of drug-likeness (QED) is 0.617. The molecule has 134 valence electrons. The van der Waals surface area contributed by atoms with Gasteiger partial charge in [0.25, 0.3) is 0 Å². The number of rotatable bonds is 4. The van der Waals surface area contributed by atoms with Crippen LogP contribution in [0.15, 0.2) is 52.0 Å². The predicted octanol–water partition coefficient (Wildman–Crippen LogP) is 2.69. The molecule has 4 fully saturated rings. The summed E-state index contributed by atoms with van der Waals surface area (Å²) >= 11 is 1.71. The van der Waals surface area contributed by atoms with Crippen molar-refractivity contribution in [1.29, 1.82) is 0 Å². The molecule has 0 N–H and O–H groups in total. The Morgan fingerprint density at radius 3 is 2.23 bits per heavy atom. The zero-order chi connectivity index (χ0) is 17.6. The molecule has 26 heavy (non-hydrogen) atoms. The topological polar surface area (TPSA) is 34.4 Å². The van der Waals surface area contributed by atoms with Gasteiger partial charge in [-0.2, -0.15) is 10.2 Å². The van der Waals surface area contributed by atoms with Crippen molar-refractivity contribution < 1.29 is 0 Å². The van der Waals surface area contributed by atoms with Crippen LogP contribution in [-0.2, 0) is 0 Å². The summed E-state index contributed by atoms with van der Waals surface area (Å²) in [6, 6.07) is 12.7. The molecular weight excluding hydrogens is 342 g/mol. The first-order valence-corrected chi connectivity index (χ1v) is 9.98. The van der Waals surface area contributed by atoms with E-state index in [9.17, 15) is 0 Å². The lowest BCUT2D eigenvalue weighted by molar-refractivity contribution is -0.149. The molecule has 6 heteroatoms. The fraction of sp³-hybridized carbons (Fsp3) is 0.400. The fourth-order valence-corrected chi connectivity index (χ4v) is 5.44. The number of nitrogens with zero attached hydrogens (tertiary/aromatic N) is 5. The van der Waals surface area contributed by atoms with Gasteiger partial charge in [-0.15, -0.1) is 11.3 Å². The Kier molecular flexibility index (Phi) is 4.01. The summed E-state index contributed by atoms with van der Waals surface area (Å²) in [5.74, 6) is 0. The van der Waals surface area contributed by atoms with Crippen molar-refractivity contribution in [2.75, 3.05) is 39.6 Å². The molecule has 6 rings (SSSR count). The van der Waals surface area contributed by atoms with Gasteiger partial charge in [0.2, 0.25) is 0 Å². The minimum atomic E-state index is 0.0396. The highest BCUT2D eigenvalue weighted by Gasteiger charge is 2.51. The Morgan fingerprint density at radius 2 is 1.65 bits per heavy atom. The third-order valence-corrected chi connectivity index (χ3v) is 6.52. The Hall–Kier alpha value is -1.86. The number of hydrogen-bond donors (Lipinski definition) is 0. The zero-order valence-electron chi connectivity index (χ0n) is 15.0. The van der Waals surface area contributed by atoms with E-state index in [1.165, 1.54) is 16.0 Å². The Balaban J connectivity index is 1.54. The summed E-state index contributed by atoms with van der Waals surface area (Å²) in [5.41, 5.74) is 3.62. The molecule has 4 saturated heterocycles. The van der Waals surface area contributed by atoms with Crippen LogP contribution in [0.5, 0.6) is 0 Å². The van der Waals surface area contributed by atoms with Crippen LogP contribution >= 0.6 is 11.3 Å². The standard InChI is InChI=1S/C20H23N5S/c1-16-7-8-26-18(16)9-21-22-19(17-5-3-2-4-6-17)20-10-23-13-24(11-20)15-25(12-20)14-23/h2-9H,10-15H2,1H3/b21-9-,22-19+. The summed E-state index contributed by atoms with van der Waals surface area (Å²) in [7, 11) is 0. The third-order valence-electron chi connectivity index (χ3n) is 5.56. The van der Waals surface area contributed by atoms with Gasteiger partial charge in [0.05, 0.1) is 42.2 Å². The van der Waals surface area contributed by atoms with Crippen molar-refractivity contribution in [3.8, 4) is 0 Å². The molecule has 0 saturated carbocycles. The van der Waals surface area contributed by atoms with E-state index in [1.807, 2.05) is 6.21 Å². The number of aryl methyl sites for hydroxylation is 1. The number of hydrogen-bond acceptors (Lipinski definition) is 6. The van der Waals surface area contributed by atoms with Crippen LogP contribution in [-0.4, -0.2) is 66.3 Å². The van der Waals surface area contributed by atoms with Gasteiger partial charge in [-0.05, 0) is 29.5 Å². The molecule has 0 atom stereocenters. The molecule has 5 nitrogen and oxygen atoms in total. The average molecular weight is 366 g/mol. The molecule has 0 amide bonds. The zero-order valence-corrected chi connectivity index (χ0v) is 15.8. The molecule has 0 aliphatic carbocycles. The first-order chi connectivity index (χ1) is 12.7.